The third-order valence-corrected chi connectivity index (χ3v) is 5.02. The van der Waals surface area contributed by atoms with Crippen LogP contribution in [0.15, 0.2) is 48.8 Å². The van der Waals surface area contributed by atoms with Gasteiger partial charge in [0, 0.05) is 44.1 Å². The van der Waals surface area contributed by atoms with Crippen molar-refractivity contribution in [2.24, 2.45) is 0 Å². The fraction of sp³-hybridized carbons (Fsp3) is 0.409. The van der Waals surface area contributed by atoms with Crippen LogP contribution in [0.3, 0.4) is 0 Å². The Labute approximate surface area is 161 Å². The fourth-order valence-electron chi connectivity index (χ4n) is 3.25. The van der Waals surface area contributed by atoms with E-state index < -0.39 is 0 Å². The molecule has 142 valence electrons. The normalized spacial score (nSPS) is 14.9. The first-order valence-corrected chi connectivity index (χ1v) is 9.41. The summed E-state index contributed by atoms with van der Waals surface area (Å²) < 4.78 is 0. The number of carbonyl (C=O) groups excluding carboxylic acids is 2. The van der Waals surface area contributed by atoms with Gasteiger partial charge < -0.3 is 9.80 Å². The van der Waals surface area contributed by atoms with Crippen molar-refractivity contribution < 1.29 is 9.59 Å². The Morgan fingerprint density at radius 2 is 1.44 bits per heavy atom. The Hall–Kier alpha value is -2.69. The fourth-order valence-corrected chi connectivity index (χ4v) is 3.25. The summed E-state index contributed by atoms with van der Waals surface area (Å²) in [7, 11) is 0. The van der Waals surface area contributed by atoms with E-state index in [9.17, 15) is 9.59 Å². The van der Waals surface area contributed by atoms with Crippen molar-refractivity contribution in [3.8, 4) is 0 Å². The molecular formula is C22H27N3O2. The summed E-state index contributed by atoms with van der Waals surface area (Å²) in [5.74, 6) is 0.122. The average Bonchev–Trinajstić information content (AvgIpc) is 2.68. The summed E-state index contributed by atoms with van der Waals surface area (Å²) in [6, 6.07) is 11.7. The van der Waals surface area contributed by atoms with E-state index in [2.05, 4.69) is 37.9 Å². The predicted molar refractivity (Wildman–Crippen MR) is 106 cm³/mol. The zero-order chi connectivity index (χ0) is 19.4. The lowest BCUT2D eigenvalue weighted by molar-refractivity contribution is -0.131. The topological polar surface area (TPSA) is 53.5 Å². The summed E-state index contributed by atoms with van der Waals surface area (Å²) in [5.41, 5.74) is 3.05. The third-order valence-electron chi connectivity index (χ3n) is 5.02. The second-order valence-corrected chi connectivity index (χ2v) is 8.03. The molecule has 0 aliphatic carbocycles. The van der Waals surface area contributed by atoms with Gasteiger partial charge in [0.25, 0.3) is 5.91 Å². The van der Waals surface area contributed by atoms with Crippen LogP contribution >= 0.6 is 0 Å². The van der Waals surface area contributed by atoms with Gasteiger partial charge in [-0.05, 0) is 28.7 Å². The summed E-state index contributed by atoms with van der Waals surface area (Å²) in [5, 5.41) is 0. The van der Waals surface area contributed by atoms with E-state index in [1.807, 2.05) is 17.0 Å². The molecule has 2 aromatic rings. The minimum absolute atomic E-state index is 0.00210. The molecular weight excluding hydrogens is 338 g/mol. The molecule has 1 aliphatic heterocycles. The number of aromatic nitrogens is 1. The van der Waals surface area contributed by atoms with Crippen LogP contribution in [0.25, 0.3) is 0 Å². The molecule has 1 aromatic carbocycles. The van der Waals surface area contributed by atoms with Crippen LogP contribution < -0.4 is 0 Å². The van der Waals surface area contributed by atoms with Gasteiger partial charge in [-0.3, -0.25) is 14.6 Å². The molecule has 5 heteroatoms. The number of amides is 2. The van der Waals surface area contributed by atoms with E-state index in [1.165, 1.54) is 5.56 Å². The van der Waals surface area contributed by atoms with E-state index in [4.69, 9.17) is 0 Å². The summed E-state index contributed by atoms with van der Waals surface area (Å²) in [6.45, 7) is 8.83. The maximum absolute atomic E-state index is 12.6. The van der Waals surface area contributed by atoms with Crippen molar-refractivity contribution in [2.45, 2.75) is 32.6 Å². The molecule has 0 spiro atoms. The monoisotopic (exact) mass is 365 g/mol. The molecule has 1 saturated heterocycles. The Bertz CT molecular complexity index is 787. The number of pyridine rings is 1. The van der Waals surface area contributed by atoms with Crippen LogP contribution in [-0.2, 0) is 16.6 Å². The molecule has 0 unspecified atom stereocenters. The van der Waals surface area contributed by atoms with Crippen LogP contribution in [0.1, 0.15) is 42.3 Å². The maximum atomic E-state index is 12.6. The molecule has 2 amide bonds. The van der Waals surface area contributed by atoms with Gasteiger partial charge in [-0.15, -0.1) is 0 Å². The Kier molecular flexibility index (Phi) is 5.59. The van der Waals surface area contributed by atoms with Crippen LogP contribution in [0, 0.1) is 0 Å². The van der Waals surface area contributed by atoms with Gasteiger partial charge in [-0.1, -0.05) is 45.0 Å². The van der Waals surface area contributed by atoms with E-state index in [0.29, 0.717) is 38.2 Å². The lowest BCUT2D eigenvalue weighted by atomic mass is 9.86. The van der Waals surface area contributed by atoms with E-state index in [1.54, 1.807) is 29.4 Å². The average molecular weight is 365 g/mol. The first-order chi connectivity index (χ1) is 12.8. The molecule has 0 radical (unpaired) electrons. The highest BCUT2D eigenvalue weighted by atomic mass is 16.2. The molecule has 27 heavy (non-hydrogen) atoms. The Morgan fingerprint density at radius 1 is 0.889 bits per heavy atom. The number of rotatable bonds is 3. The van der Waals surface area contributed by atoms with Crippen molar-refractivity contribution in [1.29, 1.82) is 0 Å². The quantitative estimate of drug-likeness (QED) is 0.840. The van der Waals surface area contributed by atoms with Crippen LogP contribution in [-0.4, -0.2) is 52.8 Å². The lowest BCUT2D eigenvalue weighted by Gasteiger charge is -2.35. The summed E-state index contributed by atoms with van der Waals surface area (Å²) >= 11 is 0. The maximum Gasteiger partial charge on any atom is 0.254 e. The van der Waals surface area contributed by atoms with Gasteiger partial charge in [-0.25, -0.2) is 0 Å². The SMILES string of the molecule is CC(C)(C)c1ccc(CC(=O)N2CCN(C(=O)c3ccncc3)CC2)cc1. The molecule has 0 atom stereocenters. The van der Waals surface area contributed by atoms with Crippen molar-refractivity contribution in [2.75, 3.05) is 26.2 Å². The first kappa shape index (κ1) is 19.1. The van der Waals surface area contributed by atoms with E-state index >= 15 is 0 Å². The van der Waals surface area contributed by atoms with Crippen molar-refractivity contribution in [3.05, 3.63) is 65.5 Å². The molecule has 1 aromatic heterocycles. The number of carbonyl (C=O) groups is 2. The standard InChI is InChI=1S/C22H27N3O2/c1-22(2,3)19-6-4-17(5-7-19)16-20(26)24-12-14-25(15-13-24)21(27)18-8-10-23-11-9-18/h4-11H,12-16H2,1-3H3. The highest BCUT2D eigenvalue weighted by Crippen LogP contribution is 2.22. The summed E-state index contributed by atoms with van der Waals surface area (Å²) in [4.78, 5) is 32.7. The third kappa shape index (κ3) is 4.73. The number of nitrogens with zero attached hydrogens (tertiary/aromatic N) is 3. The Morgan fingerprint density at radius 3 is 2.00 bits per heavy atom. The summed E-state index contributed by atoms with van der Waals surface area (Å²) in [6.07, 6.45) is 3.65. The molecule has 5 nitrogen and oxygen atoms in total. The van der Waals surface area contributed by atoms with Gasteiger partial charge in [0.2, 0.25) is 5.91 Å². The molecule has 2 heterocycles. The molecule has 3 rings (SSSR count). The number of piperazine rings is 1. The van der Waals surface area contributed by atoms with Gasteiger partial charge in [0.1, 0.15) is 0 Å². The van der Waals surface area contributed by atoms with Crippen LogP contribution in [0.5, 0.6) is 0 Å². The van der Waals surface area contributed by atoms with Crippen molar-refractivity contribution in [1.82, 2.24) is 14.8 Å². The van der Waals surface area contributed by atoms with Gasteiger partial charge in [0.15, 0.2) is 0 Å². The number of benzene rings is 1. The largest absolute Gasteiger partial charge is 0.339 e. The Balaban J connectivity index is 1.53. The van der Waals surface area contributed by atoms with Crippen LogP contribution in [0.2, 0.25) is 0 Å². The van der Waals surface area contributed by atoms with Crippen molar-refractivity contribution in [3.63, 3.8) is 0 Å². The second kappa shape index (κ2) is 7.91. The van der Waals surface area contributed by atoms with Crippen LogP contribution in [0.4, 0.5) is 0 Å². The van der Waals surface area contributed by atoms with Gasteiger partial charge >= 0.3 is 0 Å². The molecule has 0 N–H and O–H groups in total. The first-order valence-electron chi connectivity index (χ1n) is 9.41. The predicted octanol–water partition coefficient (Wildman–Crippen LogP) is 2.91. The zero-order valence-electron chi connectivity index (χ0n) is 16.3. The molecule has 1 aliphatic rings. The number of hydrogen-bond donors (Lipinski definition) is 0. The van der Waals surface area contributed by atoms with E-state index in [-0.39, 0.29) is 17.2 Å². The van der Waals surface area contributed by atoms with E-state index in [0.717, 1.165) is 5.56 Å². The highest BCUT2D eigenvalue weighted by Gasteiger charge is 2.25. The van der Waals surface area contributed by atoms with Gasteiger partial charge in [0.05, 0.1) is 6.42 Å². The molecule has 0 bridgehead atoms. The second-order valence-electron chi connectivity index (χ2n) is 8.03. The minimum Gasteiger partial charge on any atom is -0.339 e. The number of hydrogen-bond acceptors (Lipinski definition) is 3. The lowest BCUT2D eigenvalue weighted by Crippen LogP contribution is -2.51. The highest BCUT2D eigenvalue weighted by molar-refractivity contribution is 5.94. The smallest absolute Gasteiger partial charge is 0.254 e. The van der Waals surface area contributed by atoms with Crippen molar-refractivity contribution >= 4 is 11.8 Å². The molecule has 1 fully saturated rings. The molecule has 0 saturated carbocycles. The zero-order valence-corrected chi connectivity index (χ0v) is 16.3. The van der Waals surface area contributed by atoms with Gasteiger partial charge in [-0.2, -0.15) is 0 Å². The minimum atomic E-state index is 0.00210.